The Morgan fingerprint density at radius 1 is 1.00 bits per heavy atom. The molecule has 0 unspecified atom stereocenters. The second-order valence-electron chi connectivity index (χ2n) is 7.07. The molecule has 0 bridgehead atoms. The Balaban J connectivity index is 1.82. The van der Waals surface area contributed by atoms with Crippen molar-refractivity contribution in [2.45, 2.75) is 45.6 Å². The van der Waals surface area contributed by atoms with E-state index in [0.717, 1.165) is 6.54 Å². The second-order valence-corrected chi connectivity index (χ2v) is 8.07. The molecule has 1 aliphatic rings. The third-order valence-corrected chi connectivity index (χ3v) is 5.28. The van der Waals surface area contributed by atoms with E-state index in [2.05, 4.69) is 61.4 Å². The Bertz CT molecular complexity index is 583. The molecule has 3 rings (SSSR count). The van der Waals surface area contributed by atoms with Gasteiger partial charge in [0.05, 0.1) is 0 Å². The fourth-order valence-corrected chi connectivity index (χ4v) is 3.95. The van der Waals surface area contributed by atoms with Crippen molar-refractivity contribution in [1.82, 2.24) is 4.90 Å². The molecular formula is C19H25NS. The highest BCUT2D eigenvalue weighted by molar-refractivity contribution is 7.10. The van der Waals surface area contributed by atoms with Crippen molar-refractivity contribution in [3.05, 3.63) is 46.2 Å². The average molecular weight is 299 g/mol. The van der Waals surface area contributed by atoms with Crippen LogP contribution < -0.4 is 0 Å². The van der Waals surface area contributed by atoms with Crippen LogP contribution in [0.25, 0.3) is 11.1 Å². The van der Waals surface area contributed by atoms with Crippen molar-refractivity contribution >= 4 is 11.3 Å². The Morgan fingerprint density at radius 3 is 2.29 bits per heavy atom. The summed E-state index contributed by atoms with van der Waals surface area (Å²) in [6.45, 7) is 10.5. The fourth-order valence-electron chi connectivity index (χ4n) is 3.01. The summed E-state index contributed by atoms with van der Waals surface area (Å²) in [7, 11) is 0. The maximum atomic E-state index is 2.58. The van der Waals surface area contributed by atoms with E-state index in [0.29, 0.717) is 0 Å². The van der Waals surface area contributed by atoms with Gasteiger partial charge in [-0.25, -0.2) is 0 Å². The van der Waals surface area contributed by atoms with Gasteiger partial charge in [0, 0.05) is 11.4 Å². The van der Waals surface area contributed by atoms with Gasteiger partial charge in [0.15, 0.2) is 0 Å². The van der Waals surface area contributed by atoms with Gasteiger partial charge in [0.1, 0.15) is 0 Å². The zero-order valence-corrected chi connectivity index (χ0v) is 14.2. The van der Waals surface area contributed by atoms with E-state index in [1.807, 2.05) is 11.3 Å². The van der Waals surface area contributed by atoms with E-state index in [4.69, 9.17) is 0 Å². The molecule has 0 atom stereocenters. The van der Waals surface area contributed by atoms with Gasteiger partial charge >= 0.3 is 0 Å². The Morgan fingerprint density at radius 2 is 1.67 bits per heavy atom. The van der Waals surface area contributed by atoms with E-state index in [9.17, 15) is 0 Å². The first-order valence-electron chi connectivity index (χ1n) is 7.94. The summed E-state index contributed by atoms with van der Waals surface area (Å²) in [5.41, 5.74) is 4.42. The Labute approximate surface area is 132 Å². The number of likely N-dealkylation sites (tertiary alicyclic amines) is 1. The molecule has 1 aromatic heterocycles. The van der Waals surface area contributed by atoms with E-state index in [1.165, 1.54) is 47.5 Å². The lowest BCUT2D eigenvalue weighted by Gasteiger charge is -2.19. The molecule has 0 N–H and O–H groups in total. The maximum absolute atomic E-state index is 2.58. The minimum atomic E-state index is 0.228. The first-order valence-corrected chi connectivity index (χ1v) is 8.82. The molecule has 1 nitrogen and oxygen atoms in total. The van der Waals surface area contributed by atoms with Crippen LogP contribution in [0.15, 0.2) is 35.7 Å². The van der Waals surface area contributed by atoms with E-state index in [-0.39, 0.29) is 5.41 Å². The SMILES string of the molecule is CC(C)(C)c1ccc(-c2ccsc2CN2CCCC2)cc1. The molecule has 2 aromatic rings. The molecule has 0 amide bonds. The number of hydrogen-bond donors (Lipinski definition) is 0. The van der Waals surface area contributed by atoms with Gasteiger partial charge in [0.2, 0.25) is 0 Å². The molecule has 1 fully saturated rings. The largest absolute Gasteiger partial charge is 0.298 e. The standard InChI is InChI=1S/C19H25NS/c1-19(2,3)16-8-6-15(7-9-16)17-10-13-21-18(17)14-20-11-4-5-12-20/h6-10,13H,4-5,11-12,14H2,1-3H3. The van der Waals surface area contributed by atoms with Crippen LogP contribution in [0.5, 0.6) is 0 Å². The Hall–Kier alpha value is -1.12. The minimum absolute atomic E-state index is 0.228. The first-order chi connectivity index (χ1) is 10.0. The lowest BCUT2D eigenvalue weighted by atomic mass is 9.86. The van der Waals surface area contributed by atoms with E-state index in [1.54, 1.807) is 0 Å². The lowest BCUT2D eigenvalue weighted by Crippen LogP contribution is -2.17. The molecule has 1 aliphatic heterocycles. The highest BCUT2D eigenvalue weighted by Gasteiger charge is 2.16. The van der Waals surface area contributed by atoms with Gasteiger partial charge in [-0.3, -0.25) is 4.90 Å². The van der Waals surface area contributed by atoms with Crippen molar-refractivity contribution in [1.29, 1.82) is 0 Å². The summed E-state index contributed by atoms with van der Waals surface area (Å²) in [5.74, 6) is 0. The summed E-state index contributed by atoms with van der Waals surface area (Å²) in [6.07, 6.45) is 2.72. The van der Waals surface area contributed by atoms with Crippen molar-refractivity contribution in [3.8, 4) is 11.1 Å². The molecular weight excluding hydrogens is 274 g/mol. The van der Waals surface area contributed by atoms with Crippen LogP contribution in [0.4, 0.5) is 0 Å². The summed E-state index contributed by atoms with van der Waals surface area (Å²) in [6, 6.07) is 11.4. The van der Waals surface area contributed by atoms with Crippen LogP contribution in [-0.4, -0.2) is 18.0 Å². The highest BCUT2D eigenvalue weighted by atomic mass is 32.1. The van der Waals surface area contributed by atoms with Gasteiger partial charge < -0.3 is 0 Å². The fraction of sp³-hybridized carbons (Fsp3) is 0.474. The molecule has 1 saturated heterocycles. The van der Waals surface area contributed by atoms with E-state index >= 15 is 0 Å². The number of thiophene rings is 1. The zero-order chi connectivity index (χ0) is 14.9. The normalized spacial score (nSPS) is 16.5. The third kappa shape index (κ3) is 3.38. The molecule has 0 aliphatic carbocycles. The lowest BCUT2D eigenvalue weighted by molar-refractivity contribution is 0.335. The van der Waals surface area contributed by atoms with Crippen molar-refractivity contribution in [2.75, 3.05) is 13.1 Å². The highest BCUT2D eigenvalue weighted by Crippen LogP contribution is 2.32. The topological polar surface area (TPSA) is 3.24 Å². The number of hydrogen-bond acceptors (Lipinski definition) is 2. The molecule has 112 valence electrons. The quantitative estimate of drug-likeness (QED) is 0.742. The average Bonchev–Trinajstić information content (AvgIpc) is 3.10. The van der Waals surface area contributed by atoms with Gasteiger partial charge in [-0.2, -0.15) is 0 Å². The predicted octanol–water partition coefficient (Wildman–Crippen LogP) is 5.31. The smallest absolute Gasteiger partial charge is 0.0334 e. The Kier molecular flexibility index (Phi) is 4.19. The van der Waals surface area contributed by atoms with E-state index < -0.39 is 0 Å². The zero-order valence-electron chi connectivity index (χ0n) is 13.4. The summed E-state index contributed by atoms with van der Waals surface area (Å²) < 4.78 is 0. The van der Waals surface area contributed by atoms with Crippen LogP contribution in [-0.2, 0) is 12.0 Å². The molecule has 0 radical (unpaired) electrons. The number of nitrogens with zero attached hydrogens (tertiary/aromatic N) is 1. The van der Waals surface area contributed by atoms with Gasteiger partial charge in [0.25, 0.3) is 0 Å². The van der Waals surface area contributed by atoms with Gasteiger partial charge in [-0.1, -0.05) is 45.0 Å². The molecule has 2 heterocycles. The van der Waals surface area contributed by atoms with Crippen molar-refractivity contribution in [3.63, 3.8) is 0 Å². The molecule has 21 heavy (non-hydrogen) atoms. The molecule has 0 spiro atoms. The summed E-state index contributed by atoms with van der Waals surface area (Å²) >= 11 is 1.90. The number of benzene rings is 1. The van der Waals surface area contributed by atoms with Crippen LogP contribution in [0, 0.1) is 0 Å². The molecule has 2 heteroatoms. The predicted molar refractivity (Wildman–Crippen MR) is 93.0 cm³/mol. The monoisotopic (exact) mass is 299 g/mol. The van der Waals surface area contributed by atoms with Crippen LogP contribution >= 0.6 is 11.3 Å². The molecule has 1 aromatic carbocycles. The maximum Gasteiger partial charge on any atom is 0.0334 e. The van der Waals surface area contributed by atoms with Crippen molar-refractivity contribution in [2.24, 2.45) is 0 Å². The minimum Gasteiger partial charge on any atom is -0.298 e. The van der Waals surface area contributed by atoms with Crippen LogP contribution in [0.3, 0.4) is 0 Å². The second kappa shape index (κ2) is 5.94. The first kappa shape index (κ1) is 14.8. The van der Waals surface area contributed by atoms with Gasteiger partial charge in [-0.05, 0) is 59.5 Å². The van der Waals surface area contributed by atoms with Crippen LogP contribution in [0.2, 0.25) is 0 Å². The van der Waals surface area contributed by atoms with Crippen LogP contribution in [0.1, 0.15) is 44.1 Å². The summed E-state index contributed by atoms with van der Waals surface area (Å²) in [4.78, 5) is 4.10. The third-order valence-electron chi connectivity index (χ3n) is 4.37. The number of rotatable bonds is 3. The van der Waals surface area contributed by atoms with Crippen molar-refractivity contribution < 1.29 is 0 Å². The van der Waals surface area contributed by atoms with Gasteiger partial charge in [-0.15, -0.1) is 11.3 Å². The molecule has 0 saturated carbocycles. The summed E-state index contributed by atoms with van der Waals surface area (Å²) in [5, 5.41) is 2.23.